The van der Waals surface area contributed by atoms with Crippen molar-refractivity contribution in [3.63, 3.8) is 0 Å². The highest BCUT2D eigenvalue weighted by molar-refractivity contribution is 8.00. The molecule has 1 aliphatic rings. The Bertz CT molecular complexity index is 462. The van der Waals surface area contributed by atoms with Crippen LogP contribution in [0.2, 0.25) is 10.0 Å². The van der Waals surface area contributed by atoms with E-state index in [2.05, 4.69) is 21.9 Å². The van der Waals surface area contributed by atoms with Gasteiger partial charge in [-0.25, -0.2) is 4.98 Å². The molecule has 0 aromatic carbocycles. The van der Waals surface area contributed by atoms with Crippen LogP contribution in [0.25, 0.3) is 0 Å². The van der Waals surface area contributed by atoms with Crippen LogP contribution in [-0.4, -0.2) is 29.1 Å². The van der Waals surface area contributed by atoms with E-state index in [1.165, 1.54) is 25.7 Å². The topological polar surface area (TPSA) is 37.0 Å². The first kappa shape index (κ1) is 16.1. The zero-order valence-corrected chi connectivity index (χ0v) is 14.3. The quantitative estimate of drug-likeness (QED) is 0.775. The smallest absolute Gasteiger partial charge is 0.147 e. The SMILES string of the molecule is CCNc1nc(NCC2(SC)CCCC2)c(Cl)cc1Cl. The van der Waals surface area contributed by atoms with Crippen LogP contribution >= 0.6 is 35.0 Å². The molecule has 1 aromatic rings. The van der Waals surface area contributed by atoms with Crippen molar-refractivity contribution >= 4 is 46.6 Å². The van der Waals surface area contributed by atoms with E-state index in [-0.39, 0.29) is 0 Å². The third-order valence-corrected chi connectivity index (χ3v) is 5.79. The Hall–Kier alpha value is -0.320. The number of aromatic nitrogens is 1. The largest absolute Gasteiger partial charge is 0.369 e. The van der Waals surface area contributed by atoms with Gasteiger partial charge < -0.3 is 10.6 Å². The molecular formula is C14H21Cl2N3S. The summed E-state index contributed by atoms with van der Waals surface area (Å²) >= 11 is 14.3. The van der Waals surface area contributed by atoms with Crippen molar-refractivity contribution in [3.05, 3.63) is 16.1 Å². The van der Waals surface area contributed by atoms with Crippen LogP contribution in [0, 0.1) is 0 Å². The second-order valence-electron chi connectivity index (χ2n) is 5.13. The minimum absolute atomic E-state index is 0.322. The summed E-state index contributed by atoms with van der Waals surface area (Å²) in [6.07, 6.45) is 7.33. The molecule has 0 saturated heterocycles. The van der Waals surface area contributed by atoms with Gasteiger partial charge in [-0.1, -0.05) is 36.0 Å². The number of thioether (sulfide) groups is 1. The molecule has 0 bridgehead atoms. The molecule has 1 aromatic heterocycles. The number of hydrogen-bond donors (Lipinski definition) is 2. The van der Waals surface area contributed by atoms with Crippen LogP contribution in [0.1, 0.15) is 32.6 Å². The highest BCUT2D eigenvalue weighted by Crippen LogP contribution is 2.40. The molecule has 2 rings (SSSR count). The standard InChI is InChI=1S/C14H21Cl2N3S/c1-3-17-12-10(15)8-11(16)13(19-12)18-9-14(20-2)6-4-5-7-14/h8H,3-7,9H2,1-2H3,(H2,17,18,19). The van der Waals surface area contributed by atoms with Crippen LogP contribution in [0.5, 0.6) is 0 Å². The molecule has 0 unspecified atom stereocenters. The van der Waals surface area contributed by atoms with Gasteiger partial charge in [-0.2, -0.15) is 11.8 Å². The van der Waals surface area contributed by atoms with Crippen LogP contribution in [-0.2, 0) is 0 Å². The number of halogens is 2. The predicted molar refractivity (Wildman–Crippen MR) is 91.6 cm³/mol. The molecule has 0 spiro atoms. The first-order valence-electron chi connectivity index (χ1n) is 6.99. The number of anilines is 2. The van der Waals surface area contributed by atoms with Crippen molar-refractivity contribution in [2.75, 3.05) is 30.0 Å². The van der Waals surface area contributed by atoms with Gasteiger partial charge in [0.25, 0.3) is 0 Å². The Morgan fingerprint density at radius 2 is 1.80 bits per heavy atom. The zero-order chi connectivity index (χ0) is 14.6. The van der Waals surface area contributed by atoms with Crippen molar-refractivity contribution in [2.45, 2.75) is 37.4 Å². The molecule has 0 atom stereocenters. The van der Waals surface area contributed by atoms with Crippen molar-refractivity contribution in [3.8, 4) is 0 Å². The average Bonchev–Trinajstić information content (AvgIpc) is 2.90. The predicted octanol–water partition coefficient (Wildman–Crippen LogP) is 4.91. The lowest BCUT2D eigenvalue weighted by Crippen LogP contribution is -2.30. The highest BCUT2D eigenvalue weighted by atomic mass is 35.5. The van der Waals surface area contributed by atoms with E-state index < -0.39 is 0 Å². The Balaban J connectivity index is 2.10. The molecule has 2 N–H and O–H groups in total. The summed E-state index contributed by atoms with van der Waals surface area (Å²) in [7, 11) is 0. The summed E-state index contributed by atoms with van der Waals surface area (Å²) in [6.45, 7) is 3.69. The Morgan fingerprint density at radius 1 is 1.20 bits per heavy atom. The molecule has 6 heteroatoms. The lowest BCUT2D eigenvalue weighted by atomic mass is 10.1. The number of nitrogens with zero attached hydrogens (tertiary/aromatic N) is 1. The molecule has 3 nitrogen and oxygen atoms in total. The lowest BCUT2D eigenvalue weighted by Gasteiger charge is -2.27. The number of nitrogens with one attached hydrogen (secondary N) is 2. The highest BCUT2D eigenvalue weighted by Gasteiger charge is 2.32. The van der Waals surface area contributed by atoms with Gasteiger partial charge in [0.1, 0.15) is 11.6 Å². The van der Waals surface area contributed by atoms with E-state index in [4.69, 9.17) is 23.2 Å². The van der Waals surface area contributed by atoms with Crippen LogP contribution in [0.15, 0.2) is 6.07 Å². The van der Waals surface area contributed by atoms with E-state index in [9.17, 15) is 0 Å². The van der Waals surface area contributed by atoms with Gasteiger partial charge in [0.15, 0.2) is 0 Å². The molecule has 1 saturated carbocycles. The van der Waals surface area contributed by atoms with E-state index in [1.807, 2.05) is 18.7 Å². The third-order valence-electron chi connectivity index (χ3n) is 3.80. The summed E-state index contributed by atoms with van der Waals surface area (Å²) in [5.74, 6) is 1.40. The van der Waals surface area contributed by atoms with Crippen LogP contribution < -0.4 is 10.6 Å². The minimum atomic E-state index is 0.322. The van der Waals surface area contributed by atoms with Gasteiger partial charge in [0, 0.05) is 17.8 Å². The fraction of sp³-hybridized carbons (Fsp3) is 0.643. The summed E-state index contributed by atoms with van der Waals surface area (Å²) in [5, 5.41) is 7.69. The summed E-state index contributed by atoms with van der Waals surface area (Å²) in [6, 6.07) is 1.75. The van der Waals surface area contributed by atoms with Crippen molar-refractivity contribution in [1.82, 2.24) is 4.98 Å². The molecule has 0 radical (unpaired) electrons. The normalized spacial score (nSPS) is 17.2. The minimum Gasteiger partial charge on any atom is -0.369 e. The lowest BCUT2D eigenvalue weighted by molar-refractivity contribution is 0.639. The van der Waals surface area contributed by atoms with Crippen LogP contribution in [0.4, 0.5) is 11.6 Å². The first-order valence-corrected chi connectivity index (χ1v) is 8.97. The Morgan fingerprint density at radius 3 is 2.35 bits per heavy atom. The molecule has 20 heavy (non-hydrogen) atoms. The van der Waals surface area contributed by atoms with E-state index in [1.54, 1.807) is 6.07 Å². The fourth-order valence-corrected chi connectivity index (χ4v) is 4.00. The van der Waals surface area contributed by atoms with Gasteiger partial charge in [-0.3, -0.25) is 0 Å². The summed E-state index contributed by atoms with van der Waals surface area (Å²) in [5.41, 5.74) is 0. The monoisotopic (exact) mass is 333 g/mol. The van der Waals surface area contributed by atoms with E-state index >= 15 is 0 Å². The van der Waals surface area contributed by atoms with Gasteiger partial charge >= 0.3 is 0 Å². The molecule has 1 heterocycles. The van der Waals surface area contributed by atoms with Crippen LogP contribution in [0.3, 0.4) is 0 Å². The third kappa shape index (κ3) is 3.66. The maximum absolute atomic E-state index is 6.23. The zero-order valence-electron chi connectivity index (χ0n) is 11.9. The van der Waals surface area contributed by atoms with Crippen molar-refractivity contribution < 1.29 is 0 Å². The maximum Gasteiger partial charge on any atom is 0.147 e. The van der Waals surface area contributed by atoms with E-state index in [0.717, 1.165) is 13.1 Å². The molecule has 1 fully saturated rings. The molecular weight excluding hydrogens is 313 g/mol. The molecule has 0 aliphatic heterocycles. The van der Waals surface area contributed by atoms with Gasteiger partial charge in [0.05, 0.1) is 10.0 Å². The number of rotatable bonds is 6. The maximum atomic E-state index is 6.23. The number of hydrogen-bond acceptors (Lipinski definition) is 4. The summed E-state index contributed by atoms with van der Waals surface area (Å²) < 4.78 is 0.322. The molecule has 1 aliphatic carbocycles. The molecule has 0 amide bonds. The second-order valence-corrected chi connectivity index (χ2v) is 7.22. The van der Waals surface area contributed by atoms with Crippen molar-refractivity contribution in [2.24, 2.45) is 0 Å². The van der Waals surface area contributed by atoms with E-state index in [0.29, 0.717) is 26.4 Å². The summed E-state index contributed by atoms with van der Waals surface area (Å²) in [4.78, 5) is 4.49. The Kier molecular flexibility index (Phi) is 5.70. The Labute approximate surface area is 135 Å². The van der Waals surface area contributed by atoms with Crippen molar-refractivity contribution in [1.29, 1.82) is 0 Å². The van der Waals surface area contributed by atoms with Gasteiger partial charge in [-0.05, 0) is 32.1 Å². The first-order chi connectivity index (χ1) is 9.60. The number of pyridine rings is 1. The second kappa shape index (κ2) is 7.10. The molecule has 112 valence electrons. The van der Waals surface area contributed by atoms with Gasteiger partial charge in [0.2, 0.25) is 0 Å². The average molecular weight is 334 g/mol. The van der Waals surface area contributed by atoms with Gasteiger partial charge in [-0.15, -0.1) is 0 Å². The fourth-order valence-electron chi connectivity index (χ4n) is 2.60.